The second-order valence-corrected chi connectivity index (χ2v) is 3.88. The Morgan fingerprint density at radius 1 is 2.00 bits per heavy atom. The van der Waals surface area contributed by atoms with E-state index in [2.05, 4.69) is 0 Å². The molecule has 0 spiro atoms. The van der Waals surface area contributed by atoms with E-state index in [1.807, 2.05) is 0 Å². The molecule has 0 aromatic heterocycles. The first-order chi connectivity index (χ1) is 2.27. The molecule has 0 aromatic carbocycles. The van der Waals surface area contributed by atoms with E-state index < -0.39 is 14.9 Å². The van der Waals surface area contributed by atoms with Gasteiger partial charge in [0.05, 0.1) is 0 Å². The van der Waals surface area contributed by atoms with E-state index in [1.165, 1.54) is 0 Å². The molecule has 0 aliphatic heterocycles. The molecule has 32 valence electrons. The summed E-state index contributed by atoms with van der Waals surface area (Å²) in [7, 11) is 0. The van der Waals surface area contributed by atoms with Gasteiger partial charge in [0.25, 0.3) is 0 Å². The zero-order valence-electron chi connectivity index (χ0n) is 3.06. The number of hydrogen-bond donors (Lipinski definition) is 1. The van der Waals surface area contributed by atoms with Crippen LogP contribution < -0.4 is 0 Å². The molecule has 0 saturated carbocycles. The molecule has 0 aromatic rings. The van der Waals surface area contributed by atoms with Crippen molar-refractivity contribution in [2.24, 2.45) is 0 Å². The van der Waals surface area contributed by atoms with Gasteiger partial charge in [0, 0.05) is 0 Å². The van der Waals surface area contributed by atoms with Crippen molar-refractivity contribution in [2.75, 3.05) is 0 Å². The number of hydrogen-bond acceptors (Lipinski definition) is 1. The van der Waals surface area contributed by atoms with Crippen LogP contribution in [0.15, 0.2) is 0 Å². The molecule has 0 saturated heterocycles. The SMILES string of the molecule is CC[AsH](=O)O. The topological polar surface area (TPSA) is 37.3 Å². The van der Waals surface area contributed by atoms with E-state index >= 15 is 0 Å². The molecule has 0 amide bonds. The third-order valence-electron chi connectivity index (χ3n) is 0.302. The van der Waals surface area contributed by atoms with Crippen LogP contribution in [0.2, 0.25) is 5.21 Å². The van der Waals surface area contributed by atoms with Crippen molar-refractivity contribution in [3.63, 3.8) is 0 Å². The molecule has 3 heteroatoms. The minimum atomic E-state index is -2.61. The van der Waals surface area contributed by atoms with Gasteiger partial charge in [-0.3, -0.25) is 0 Å². The van der Waals surface area contributed by atoms with E-state index in [4.69, 9.17) is 4.10 Å². The van der Waals surface area contributed by atoms with Gasteiger partial charge in [0.2, 0.25) is 0 Å². The summed E-state index contributed by atoms with van der Waals surface area (Å²) in [4.78, 5) is 0. The first-order valence-electron chi connectivity index (χ1n) is 1.49. The third-order valence-corrected chi connectivity index (χ3v) is 1.57. The molecule has 0 heterocycles. The summed E-state index contributed by atoms with van der Waals surface area (Å²) >= 11 is -2.61. The fourth-order valence-corrected chi connectivity index (χ4v) is 0. The molecule has 0 rings (SSSR count). The van der Waals surface area contributed by atoms with Gasteiger partial charge in [0.1, 0.15) is 0 Å². The molecule has 0 aliphatic rings. The molecular weight excluding hydrogens is 131 g/mol. The zero-order valence-corrected chi connectivity index (χ0v) is 5.16. The van der Waals surface area contributed by atoms with Crippen molar-refractivity contribution in [1.82, 2.24) is 0 Å². The summed E-state index contributed by atoms with van der Waals surface area (Å²) in [5.41, 5.74) is 0. The van der Waals surface area contributed by atoms with Crippen molar-refractivity contribution in [1.29, 1.82) is 0 Å². The van der Waals surface area contributed by atoms with E-state index in [9.17, 15) is 3.74 Å². The van der Waals surface area contributed by atoms with Gasteiger partial charge >= 0.3 is 34.9 Å². The number of rotatable bonds is 1. The first-order valence-corrected chi connectivity index (χ1v) is 4.77. The first kappa shape index (κ1) is 5.32. The summed E-state index contributed by atoms with van der Waals surface area (Å²) in [6, 6.07) is 0. The molecule has 2 nitrogen and oxygen atoms in total. The molecule has 1 N–H and O–H groups in total. The quantitative estimate of drug-likeness (QED) is 0.503. The van der Waals surface area contributed by atoms with Crippen LogP contribution in [0.5, 0.6) is 0 Å². The van der Waals surface area contributed by atoms with E-state index in [-0.39, 0.29) is 0 Å². The van der Waals surface area contributed by atoms with Gasteiger partial charge in [0.15, 0.2) is 0 Å². The molecule has 0 aliphatic carbocycles. The normalized spacial score (nSPS) is 14.8. The minimum absolute atomic E-state index is 0.472. The van der Waals surface area contributed by atoms with Gasteiger partial charge < -0.3 is 0 Å². The molecule has 5 heavy (non-hydrogen) atoms. The fourth-order valence-electron chi connectivity index (χ4n) is 0. The predicted molar refractivity (Wildman–Crippen MR) is 20.5 cm³/mol. The Labute approximate surface area is 35.6 Å². The maximum atomic E-state index is 9.62. The van der Waals surface area contributed by atoms with Crippen LogP contribution >= 0.6 is 0 Å². The Balaban J connectivity index is 2.85. The Kier molecular flexibility index (Phi) is 2.71. The standard InChI is InChI=1S/C2H7AsO2/c1-2-3(4)5/h3H,2H2,1H3,(H,4,5). The van der Waals surface area contributed by atoms with Crippen LogP contribution in [0.3, 0.4) is 0 Å². The van der Waals surface area contributed by atoms with Crippen molar-refractivity contribution >= 4 is 14.9 Å². The van der Waals surface area contributed by atoms with Crippen LogP contribution in [0.4, 0.5) is 0 Å². The summed E-state index contributed by atoms with van der Waals surface area (Å²) < 4.78 is 17.6. The second kappa shape index (κ2) is 2.55. The van der Waals surface area contributed by atoms with Crippen LogP contribution in [0.25, 0.3) is 0 Å². The van der Waals surface area contributed by atoms with Crippen LogP contribution in [-0.4, -0.2) is 19.0 Å². The van der Waals surface area contributed by atoms with Gasteiger partial charge in [-0.15, -0.1) is 0 Å². The van der Waals surface area contributed by atoms with Gasteiger partial charge in [-0.1, -0.05) is 0 Å². The van der Waals surface area contributed by atoms with E-state index in [0.717, 1.165) is 0 Å². The van der Waals surface area contributed by atoms with Crippen molar-refractivity contribution < 1.29 is 7.84 Å². The average molecular weight is 138 g/mol. The predicted octanol–water partition coefficient (Wildman–Crippen LogP) is -0.350. The molecule has 1 atom stereocenters. The fraction of sp³-hybridized carbons (Fsp3) is 1.00. The maximum absolute atomic E-state index is 9.62. The third kappa shape index (κ3) is 4.32. The summed E-state index contributed by atoms with van der Waals surface area (Å²) in [5, 5.41) is 0.472. The summed E-state index contributed by atoms with van der Waals surface area (Å²) in [6.07, 6.45) is 0. The summed E-state index contributed by atoms with van der Waals surface area (Å²) in [5.74, 6) is 0. The van der Waals surface area contributed by atoms with Crippen LogP contribution in [0.1, 0.15) is 6.92 Å². The Morgan fingerprint density at radius 2 is 2.20 bits per heavy atom. The average Bonchev–Trinajstić information content (AvgIpc) is 1.38. The van der Waals surface area contributed by atoms with E-state index in [1.54, 1.807) is 6.92 Å². The van der Waals surface area contributed by atoms with Crippen molar-refractivity contribution in [3.8, 4) is 0 Å². The second-order valence-electron chi connectivity index (χ2n) is 0.747. The van der Waals surface area contributed by atoms with Gasteiger partial charge in [-0.25, -0.2) is 0 Å². The Morgan fingerprint density at radius 3 is 2.20 bits per heavy atom. The molecule has 1 unspecified atom stereocenters. The molecule has 0 fully saturated rings. The van der Waals surface area contributed by atoms with Gasteiger partial charge in [-0.2, -0.15) is 0 Å². The molecular formula is C2H7AsO2. The molecule has 0 bridgehead atoms. The van der Waals surface area contributed by atoms with E-state index in [0.29, 0.717) is 5.21 Å². The zero-order chi connectivity index (χ0) is 4.28. The van der Waals surface area contributed by atoms with Crippen LogP contribution in [-0.2, 0) is 3.74 Å². The van der Waals surface area contributed by atoms with Crippen molar-refractivity contribution in [3.05, 3.63) is 0 Å². The molecule has 0 radical (unpaired) electrons. The monoisotopic (exact) mass is 138 g/mol. The van der Waals surface area contributed by atoms with Crippen LogP contribution in [0, 0.1) is 0 Å². The van der Waals surface area contributed by atoms with Crippen molar-refractivity contribution in [2.45, 2.75) is 12.1 Å². The Hall–Kier alpha value is 0.318. The Bertz CT molecular complexity index is 42.9. The van der Waals surface area contributed by atoms with Gasteiger partial charge in [-0.05, 0) is 0 Å². The summed E-state index contributed by atoms with van der Waals surface area (Å²) in [6.45, 7) is 1.71.